The first-order chi connectivity index (χ1) is 8.16. The van der Waals surface area contributed by atoms with Crippen molar-refractivity contribution < 1.29 is 4.79 Å². The van der Waals surface area contributed by atoms with Gasteiger partial charge in [-0.25, -0.2) is 0 Å². The topological polar surface area (TPSA) is 43.1 Å². The van der Waals surface area contributed by atoms with E-state index in [1.54, 1.807) is 0 Å². The summed E-state index contributed by atoms with van der Waals surface area (Å²) in [6.07, 6.45) is 13.4. The lowest BCUT2D eigenvalue weighted by Gasteiger charge is -2.22. The van der Waals surface area contributed by atoms with Crippen LogP contribution >= 0.6 is 0 Å². The minimum absolute atomic E-state index is 0.140. The molecule has 0 aromatic rings. The molecule has 0 amide bonds. The second kappa shape index (κ2) is 7.86. The molecule has 0 aliphatic heterocycles. The molecule has 0 unspecified atom stereocenters. The Morgan fingerprint density at radius 1 is 1.06 bits per heavy atom. The molecule has 1 fully saturated rings. The number of hydrogen-bond donors (Lipinski definition) is 1. The molecule has 0 heterocycles. The molecule has 0 spiro atoms. The molecule has 1 aliphatic carbocycles. The van der Waals surface area contributed by atoms with Crippen molar-refractivity contribution >= 4 is 5.78 Å². The molecule has 1 saturated carbocycles. The quantitative estimate of drug-likeness (QED) is 0.619. The third-order valence-corrected chi connectivity index (χ3v) is 3.96. The van der Waals surface area contributed by atoms with Crippen LogP contribution in [0.5, 0.6) is 0 Å². The molecule has 1 aliphatic rings. The van der Waals surface area contributed by atoms with Gasteiger partial charge in [-0.2, -0.15) is 0 Å². The smallest absolute Gasteiger partial charge is 0.134 e. The van der Waals surface area contributed by atoms with Gasteiger partial charge < -0.3 is 5.73 Å². The second-order valence-electron chi connectivity index (χ2n) is 5.80. The maximum atomic E-state index is 11.8. The third-order valence-electron chi connectivity index (χ3n) is 3.96. The summed E-state index contributed by atoms with van der Waals surface area (Å²) in [5.74, 6) is 0.393. The van der Waals surface area contributed by atoms with Crippen LogP contribution in [0.2, 0.25) is 0 Å². The number of rotatable bonds is 9. The number of nitrogens with two attached hydrogens (primary N) is 1. The number of ketones is 1. The molecular weight excluding hydrogens is 210 g/mol. The lowest BCUT2D eigenvalue weighted by atomic mass is 9.90. The van der Waals surface area contributed by atoms with Crippen LogP contribution in [-0.2, 0) is 4.79 Å². The molecule has 1 rings (SSSR count). The Morgan fingerprint density at radius 2 is 1.65 bits per heavy atom. The van der Waals surface area contributed by atoms with Gasteiger partial charge in [0.05, 0.1) is 0 Å². The molecular formula is C15H29NO. The Bertz CT molecular complexity index is 219. The van der Waals surface area contributed by atoms with E-state index in [0.29, 0.717) is 12.2 Å². The van der Waals surface area contributed by atoms with Crippen molar-refractivity contribution in [3.8, 4) is 0 Å². The predicted molar refractivity (Wildman–Crippen MR) is 73.0 cm³/mol. The van der Waals surface area contributed by atoms with E-state index in [-0.39, 0.29) is 5.54 Å². The van der Waals surface area contributed by atoms with E-state index in [1.807, 2.05) is 0 Å². The van der Waals surface area contributed by atoms with Crippen LogP contribution < -0.4 is 5.73 Å². The van der Waals surface area contributed by atoms with Gasteiger partial charge in [0.1, 0.15) is 5.78 Å². The van der Waals surface area contributed by atoms with E-state index in [1.165, 1.54) is 44.9 Å². The van der Waals surface area contributed by atoms with Crippen molar-refractivity contribution in [2.24, 2.45) is 5.73 Å². The zero-order chi connectivity index (χ0) is 12.6. The summed E-state index contributed by atoms with van der Waals surface area (Å²) in [6.45, 7) is 2.23. The molecule has 0 aromatic carbocycles. The molecule has 0 atom stereocenters. The zero-order valence-electron chi connectivity index (χ0n) is 11.5. The van der Waals surface area contributed by atoms with Crippen molar-refractivity contribution in [3.63, 3.8) is 0 Å². The lowest BCUT2D eigenvalue weighted by Crippen LogP contribution is -2.38. The number of carbonyl (C=O) groups is 1. The van der Waals surface area contributed by atoms with Crippen LogP contribution in [0.25, 0.3) is 0 Å². The normalized spacial score (nSPS) is 18.5. The lowest BCUT2D eigenvalue weighted by molar-refractivity contribution is -0.120. The molecule has 100 valence electrons. The maximum Gasteiger partial charge on any atom is 0.134 e. The largest absolute Gasteiger partial charge is 0.325 e. The van der Waals surface area contributed by atoms with Gasteiger partial charge >= 0.3 is 0 Å². The molecule has 2 heteroatoms. The molecule has 17 heavy (non-hydrogen) atoms. The minimum Gasteiger partial charge on any atom is -0.325 e. The van der Waals surface area contributed by atoms with E-state index < -0.39 is 0 Å². The van der Waals surface area contributed by atoms with Crippen LogP contribution in [0.15, 0.2) is 0 Å². The van der Waals surface area contributed by atoms with Gasteiger partial charge in [0.15, 0.2) is 0 Å². The van der Waals surface area contributed by atoms with Crippen molar-refractivity contribution in [1.29, 1.82) is 0 Å². The Kier molecular flexibility index (Phi) is 6.79. The summed E-state index contributed by atoms with van der Waals surface area (Å²) < 4.78 is 0. The molecule has 0 aromatic heterocycles. The first kappa shape index (κ1) is 14.7. The number of Topliss-reactive ketones (excluding diaryl/α,β-unsaturated/α-hetero) is 1. The Hall–Kier alpha value is -0.370. The number of unbranched alkanes of at least 4 members (excludes halogenated alkanes) is 5. The summed E-state index contributed by atoms with van der Waals surface area (Å²) in [6, 6.07) is 0. The van der Waals surface area contributed by atoms with Gasteiger partial charge in [-0.15, -0.1) is 0 Å². The molecule has 2 nitrogen and oxygen atoms in total. The molecule has 2 N–H and O–H groups in total. The van der Waals surface area contributed by atoms with Gasteiger partial charge in [-0.05, 0) is 19.3 Å². The zero-order valence-corrected chi connectivity index (χ0v) is 11.5. The fourth-order valence-electron chi connectivity index (χ4n) is 2.84. The van der Waals surface area contributed by atoms with Crippen LogP contribution in [0.1, 0.15) is 84.0 Å². The van der Waals surface area contributed by atoms with Crippen molar-refractivity contribution in [2.45, 2.75) is 89.5 Å². The highest BCUT2D eigenvalue weighted by Crippen LogP contribution is 2.30. The second-order valence-corrected chi connectivity index (χ2v) is 5.80. The molecule has 0 bridgehead atoms. The first-order valence-electron chi connectivity index (χ1n) is 7.47. The Labute approximate surface area is 106 Å². The highest BCUT2D eigenvalue weighted by atomic mass is 16.1. The number of hydrogen-bond acceptors (Lipinski definition) is 2. The average Bonchev–Trinajstić information content (AvgIpc) is 2.70. The summed E-state index contributed by atoms with van der Waals surface area (Å²) in [4.78, 5) is 11.8. The van der Waals surface area contributed by atoms with Crippen molar-refractivity contribution in [2.75, 3.05) is 0 Å². The van der Waals surface area contributed by atoms with E-state index in [9.17, 15) is 4.79 Å². The summed E-state index contributed by atoms with van der Waals surface area (Å²) in [5.41, 5.74) is 6.07. The number of carbonyl (C=O) groups excluding carboxylic acids is 1. The van der Waals surface area contributed by atoms with Crippen LogP contribution in [-0.4, -0.2) is 11.3 Å². The Balaban J connectivity index is 2.01. The first-order valence-corrected chi connectivity index (χ1v) is 7.47. The third kappa shape index (κ3) is 6.21. The fourth-order valence-corrected chi connectivity index (χ4v) is 2.84. The predicted octanol–water partition coefficient (Wildman–Crippen LogP) is 3.97. The maximum absolute atomic E-state index is 11.8. The summed E-state index contributed by atoms with van der Waals surface area (Å²) in [7, 11) is 0. The van der Waals surface area contributed by atoms with Crippen LogP contribution in [0.3, 0.4) is 0 Å². The van der Waals surface area contributed by atoms with Gasteiger partial charge in [0, 0.05) is 18.4 Å². The van der Waals surface area contributed by atoms with Crippen molar-refractivity contribution in [1.82, 2.24) is 0 Å². The summed E-state index contributed by atoms with van der Waals surface area (Å²) >= 11 is 0. The SMILES string of the molecule is CCCCCCCCC(=O)CC1(N)CCCC1. The van der Waals surface area contributed by atoms with E-state index in [4.69, 9.17) is 5.73 Å². The van der Waals surface area contributed by atoms with Crippen molar-refractivity contribution in [3.05, 3.63) is 0 Å². The van der Waals surface area contributed by atoms with E-state index in [2.05, 4.69) is 6.92 Å². The molecule has 0 saturated heterocycles. The van der Waals surface area contributed by atoms with Crippen LogP contribution in [0, 0.1) is 0 Å². The fraction of sp³-hybridized carbons (Fsp3) is 0.933. The highest BCUT2D eigenvalue weighted by molar-refractivity contribution is 5.79. The summed E-state index contributed by atoms with van der Waals surface area (Å²) in [5, 5.41) is 0. The van der Waals surface area contributed by atoms with Crippen LogP contribution in [0.4, 0.5) is 0 Å². The van der Waals surface area contributed by atoms with E-state index in [0.717, 1.165) is 25.7 Å². The average molecular weight is 239 g/mol. The van der Waals surface area contributed by atoms with Gasteiger partial charge in [0.2, 0.25) is 0 Å². The Morgan fingerprint density at radius 3 is 2.29 bits per heavy atom. The van der Waals surface area contributed by atoms with Gasteiger partial charge in [0.25, 0.3) is 0 Å². The van der Waals surface area contributed by atoms with E-state index >= 15 is 0 Å². The van der Waals surface area contributed by atoms with Gasteiger partial charge in [-0.1, -0.05) is 51.9 Å². The van der Waals surface area contributed by atoms with Gasteiger partial charge in [-0.3, -0.25) is 4.79 Å². The standard InChI is InChI=1S/C15H29NO/c1-2-3-4-5-6-7-10-14(17)13-15(16)11-8-9-12-15/h2-13,16H2,1H3. The minimum atomic E-state index is -0.140. The monoisotopic (exact) mass is 239 g/mol. The highest BCUT2D eigenvalue weighted by Gasteiger charge is 2.31. The molecule has 0 radical (unpaired) electrons.